The minimum absolute atomic E-state index is 0.759. The second-order valence-electron chi connectivity index (χ2n) is 5.74. The first kappa shape index (κ1) is 12.6. The minimum Gasteiger partial charge on any atom is -0.316 e. The van der Waals surface area contributed by atoms with Crippen LogP contribution in [0.25, 0.3) is 0 Å². The van der Waals surface area contributed by atoms with Gasteiger partial charge in [-0.15, -0.1) is 11.3 Å². The number of nitrogens with one attached hydrogen (secondary N) is 1. The molecule has 2 aliphatic rings. The summed E-state index contributed by atoms with van der Waals surface area (Å²) in [5, 5.41) is 4.85. The molecule has 1 aromatic rings. The van der Waals surface area contributed by atoms with E-state index in [4.69, 9.17) is 4.98 Å². The Balaban J connectivity index is 1.72. The summed E-state index contributed by atoms with van der Waals surface area (Å²) >= 11 is 1.87. The van der Waals surface area contributed by atoms with Crippen molar-refractivity contribution in [1.29, 1.82) is 0 Å². The number of hydrogen-bond acceptors (Lipinski definition) is 4. The molecule has 3 atom stereocenters. The van der Waals surface area contributed by atoms with E-state index in [1.54, 1.807) is 0 Å². The molecule has 0 amide bonds. The summed E-state index contributed by atoms with van der Waals surface area (Å²) in [6.07, 6.45) is 1.27. The zero-order valence-electron chi connectivity index (χ0n) is 11.6. The Morgan fingerprint density at radius 1 is 1.39 bits per heavy atom. The summed E-state index contributed by atoms with van der Waals surface area (Å²) in [5.41, 5.74) is 1.21. The molecule has 4 heteroatoms. The summed E-state index contributed by atoms with van der Waals surface area (Å²) < 4.78 is 0. The summed E-state index contributed by atoms with van der Waals surface area (Å²) in [6.45, 7) is 11.4. The van der Waals surface area contributed by atoms with Gasteiger partial charge in [-0.05, 0) is 45.2 Å². The fourth-order valence-corrected chi connectivity index (χ4v) is 4.59. The molecule has 18 heavy (non-hydrogen) atoms. The predicted octanol–water partition coefficient (Wildman–Crippen LogP) is 2.19. The third-order valence-electron chi connectivity index (χ3n) is 4.65. The fraction of sp³-hybridized carbons (Fsp3) is 0.786. The molecule has 2 fully saturated rings. The molecule has 100 valence electrons. The Bertz CT molecular complexity index is 409. The van der Waals surface area contributed by atoms with Gasteiger partial charge in [0.15, 0.2) is 0 Å². The van der Waals surface area contributed by atoms with E-state index in [9.17, 15) is 0 Å². The molecule has 3 unspecified atom stereocenters. The van der Waals surface area contributed by atoms with Crippen molar-refractivity contribution in [3.8, 4) is 0 Å². The van der Waals surface area contributed by atoms with Crippen LogP contribution in [-0.4, -0.2) is 35.6 Å². The molecular formula is C14H23N3S. The van der Waals surface area contributed by atoms with E-state index < -0.39 is 0 Å². The van der Waals surface area contributed by atoms with Crippen molar-refractivity contribution in [1.82, 2.24) is 15.2 Å². The van der Waals surface area contributed by atoms with Crippen LogP contribution in [0, 0.1) is 25.7 Å². The van der Waals surface area contributed by atoms with Crippen LogP contribution in [0.1, 0.15) is 28.9 Å². The number of thiazole rings is 1. The lowest BCUT2D eigenvalue weighted by Crippen LogP contribution is -2.34. The highest BCUT2D eigenvalue weighted by molar-refractivity contribution is 7.11. The summed E-state index contributed by atoms with van der Waals surface area (Å²) in [5.74, 6) is 1.74. The fourth-order valence-electron chi connectivity index (χ4n) is 3.63. The normalized spacial score (nSPS) is 32.1. The van der Waals surface area contributed by atoms with E-state index in [1.807, 2.05) is 11.3 Å². The maximum absolute atomic E-state index is 4.70. The molecule has 0 spiro atoms. The first-order valence-electron chi connectivity index (χ1n) is 7.06. The molecule has 1 aromatic heterocycles. The Kier molecular flexibility index (Phi) is 3.43. The second kappa shape index (κ2) is 4.91. The lowest BCUT2D eigenvalue weighted by molar-refractivity contribution is 0.210. The summed E-state index contributed by atoms with van der Waals surface area (Å²) in [4.78, 5) is 8.75. The lowest BCUT2D eigenvalue weighted by atomic mass is 9.93. The van der Waals surface area contributed by atoms with E-state index in [-0.39, 0.29) is 0 Å². The zero-order chi connectivity index (χ0) is 12.7. The van der Waals surface area contributed by atoms with E-state index in [1.165, 1.54) is 41.6 Å². The molecule has 1 N–H and O–H groups in total. The van der Waals surface area contributed by atoms with Gasteiger partial charge < -0.3 is 5.32 Å². The molecule has 0 aliphatic carbocycles. The van der Waals surface area contributed by atoms with Crippen LogP contribution >= 0.6 is 11.3 Å². The highest BCUT2D eigenvalue weighted by Gasteiger charge is 2.43. The summed E-state index contributed by atoms with van der Waals surface area (Å²) in [6, 6.07) is 0.759. The number of fused-ring (bicyclic) bond motifs is 1. The molecule has 3 rings (SSSR count). The third-order valence-corrected chi connectivity index (χ3v) is 5.71. The molecule has 2 aliphatic heterocycles. The standard InChI is InChI=1S/C14H23N3S/c1-4-13-12-6-15-5-11(12)7-17(13)8-14-16-9(2)10(3)18-14/h11-13,15H,4-8H2,1-3H3. The van der Waals surface area contributed by atoms with Gasteiger partial charge in [0.2, 0.25) is 0 Å². The quantitative estimate of drug-likeness (QED) is 0.908. The van der Waals surface area contributed by atoms with Crippen molar-refractivity contribution in [3.05, 3.63) is 15.6 Å². The molecule has 0 bridgehead atoms. The largest absolute Gasteiger partial charge is 0.316 e. The molecule has 3 heterocycles. The van der Waals surface area contributed by atoms with Crippen molar-refractivity contribution < 1.29 is 0 Å². The Morgan fingerprint density at radius 2 is 2.22 bits per heavy atom. The van der Waals surface area contributed by atoms with Gasteiger partial charge in [-0.2, -0.15) is 0 Å². The topological polar surface area (TPSA) is 28.2 Å². The second-order valence-corrected chi connectivity index (χ2v) is 7.02. The van der Waals surface area contributed by atoms with E-state index >= 15 is 0 Å². The number of rotatable bonds is 3. The highest BCUT2D eigenvalue weighted by atomic mass is 32.1. The van der Waals surface area contributed by atoms with Crippen molar-refractivity contribution in [2.75, 3.05) is 19.6 Å². The summed E-state index contributed by atoms with van der Waals surface area (Å²) in [7, 11) is 0. The number of nitrogens with zero attached hydrogens (tertiary/aromatic N) is 2. The van der Waals surface area contributed by atoms with E-state index in [2.05, 4.69) is 31.0 Å². The molecule has 0 saturated carbocycles. The predicted molar refractivity (Wildman–Crippen MR) is 75.9 cm³/mol. The van der Waals surface area contributed by atoms with Crippen LogP contribution < -0.4 is 5.32 Å². The highest BCUT2D eigenvalue weighted by Crippen LogP contribution is 2.35. The number of aromatic nitrogens is 1. The van der Waals surface area contributed by atoms with E-state index in [0.717, 1.165) is 24.4 Å². The van der Waals surface area contributed by atoms with Gasteiger partial charge in [-0.1, -0.05) is 6.92 Å². The van der Waals surface area contributed by atoms with Crippen molar-refractivity contribution in [2.45, 2.75) is 39.8 Å². The van der Waals surface area contributed by atoms with Crippen LogP contribution in [-0.2, 0) is 6.54 Å². The maximum Gasteiger partial charge on any atom is 0.107 e. The first-order chi connectivity index (χ1) is 8.69. The molecule has 0 aromatic carbocycles. The van der Waals surface area contributed by atoms with Gasteiger partial charge in [-0.3, -0.25) is 4.90 Å². The lowest BCUT2D eigenvalue weighted by Gasteiger charge is -2.25. The van der Waals surface area contributed by atoms with E-state index in [0.29, 0.717) is 0 Å². The van der Waals surface area contributed by atoms with Crippen LogP contribution in [0.4, 0.5) is 0 Å². The van der Waals surface area contributed by atoms with Gasteiger partial charge in [0, 0.05) is 17.5 Å². The monoisotopic (exact) mass is 265 g/mol. The van der Waals surface area contributed by atoms with Gasteiger partial charge in [0.1, 0.15) is 5.01 Å². The van der Waals surface area contributed by atoms with Gasteiger partial charge in [-0.25, -0.2) is 4.98 Å². The van der Waals surface area contributed by atoms with Crippen molar-refractivity contribution in [2.24, 2.45) is 11.8 Å². The SMILES string of the molecule is CCC1C2CNCC2CN1Cc1nc(C)c(C)s1. The average Bonchev–Trinajstić information content (AvgIpc) is 2.95. The average molecular weight is 265 g/mol. The zero-order valence-corrected chi connectivity index (χ0v) is 12.4. The van der Waals surface area contributed by atoms with Crippen LogP contribution in [0.5, 0.6) is 0 Å². The molecule has 2 saturated heterocycles. The van der Waals surface area contributed by atoms with Crippen LogP contribution in [0.15, 0.2) is 0 Å². The third kappa shape index (κ3) is 2.10. The first-order valence-corrected chi connectivity index (χ1v) is 7.88. The van der Waals surface area contributed by atoms with Gasteiger partial charge in [0.05, 0.1) is 12.2 Å². The maximum atomic E-state index is 4.70. The number of aryl methyl sites for hydroxylation is 2. The molecular weight excluding hydrogens is 242 g/mol. The number of hydrogen-bond donors (Lipinski definition) is 1. The Morgan fingerprint density at radius 3 is 2.89 bits per heavy atom. The van der Waals surface area contributed by atoms with Crippen LogP contribution in [0.2, 0.25) is 0 Å². The Labute approximate surface area is 114 Å². The van der Waals surface area contributed by atoms with Gasteiger partial charge >= 0.3 is 0 Å². The van der Waals surface area contributed by atoms with Crippen molar-refractivity contribution >= 4 is 11.3 Å². The van der Waals surface area contributed by atoms with Gasteiger partial charge in [0.25, 0.3) is 0 Å². The molecule has 0 radical (unpaired) electrons. The van der Waals surface area contributed by atoms with Crippen LogP contribution in [0.3, 0.4) is 0 Å². The minimum atomic E-state index is 0.759. The smallest absolute Gasteiger partial charge is 0.107 e. The molecule has 3 nitrogen and oxygen atoms in total. The Hall–Kier alpha value is -0.450. The number of likely N-dealkylation sites (tertiary alicyclic amines) is 1. The van der Waals surface area contributed by atoms with Crippen molar-refractivity contribution in [3.63, 3.8) is 0 Å².